The highest BCUT2D eigenvalue weighted by Crippen LogP contribution is 2.46. The van der Waals surface area contributed by atoms with Crippen LogP contribution in [0.3, 0.4) is 0 Å². The number of hydrogen-bond donors (Lipinski definition) is 0. The largest absolute Gasteiger partial charge is 0.454 e. The highest BCUT2D eigenvalue weighted by Gasteiger charge is 2.23. The molecule has 0 saturated carbocycles. The van der Waals surface area contributed by atoms with E-state index in [2.05, 4.69) is 126 Å². The lowest BCUT2D eigenvalue weighted by molar-refractivity contribution is 0.666. The molecule has 57 heavy (non-hydrogen) atoms. The Morgan fingerprint density at radius 2 is 1.02 bits per heavy atom. The van der Waals surface area contributed by atoms with Crippen molar-refractivity contribution in [2.45, 2.75) is 0 Å². The summed E-state index contributed by atoms with van der Waals surface area (Å²) in [6.45, 7) is 0. The molecule has 0 fully saturated rings. The van der Waals surface area contributed by atoms with Gasteiger partial charge in [-0.1, -0.05) is 146 Å². The summed E-state index contributed by atoms with van der Waals surface area (Å²) in [6, 6.07) is 63.6. The molecule has 0 N–H and O–H groups in total. The lowest BCUT2D eigenvalue weighted by Crippen LogP contribution is -2.00. The maximum atomic E-state index is 7.11. The average Bonchev–Trinajstić information content (AvgIpc) is 3.96. The number of aromatic nitrogens is 4. The van der Waals surface area contributed by atoms with Gasteiger partial charge in [-0.05, 0) is 47.5 Å². The number of thiophene rings is 1. The first-order valence-corrected chi connectivity index (χ1v) is 19.8. The van der Waals surface area contributed by atoms with Crippen molar-refractivity contribution >= 4 is 75.3 Å². The lowest BCUT2D eigenvalue weighted by atomic mass is 9.98. The Kier molecular flexibility index (Phi) is 7.03. The van der Waals surface area contributed by atoms with Crippen LogP contribution in [0.5, 0.6) is 0 Å². The van der Waals surface area contributed by atoms with Crippen LogP contribution in [0.4, 0.5) is 0 Å². The van der Waals surface area contributed by atoms with E-state index in [-0.39, 0.29) is 0 Å². The predicted molar refractivity (Wildman–Crippen MR) is 236 cm³/mol. The molecule has 0 aliphatic heterocycles. The summed E-state index contributed by atoms with van der Waals surface area (Å²) in [5, 5.41) is 7.17. The minimum Gasteiger partial charge on any atom is -0.454 e. The van der Waals surface area contributed by atoms with Gasteiger partial charge in [-0.3, -0.25) is 0 Å². The van der Waals surface area contributed by atoms with E-state index in [1.807, 2.05) is 72.0 Å². The zero-order valence-corrected chi connectivity index (χ0v) is 31.2. The minimum atomic E-state index is 0.586. The third-order valence-corrected chi connectivity index (χ3v) is 12.3. The van der Waals surface area contributed by atoms with E-state index in [4.69, 9.17) is 19.4 Å². The molecule has 8 aromatic carbocycles. The van der Waals surface area contributed by atoms with E-state index in [0.29, 0.717) is 17.5 Å². The maximum Gasteiger partial charge on any atom is 0.164 e. The van der Waals surface area contributed by atoms with Gasteiger partial charge in [0.2, 0.25) is 0 Å². The van der Waals surface area contributed by atoms with Crippen molar-refractivity contribution in [1.82, 2.24) is 19.5 Å². The highest BCUT2D eigenvalue weighted by atomic mass is 32.1. The molecular formula is C51H30N4OS. The molecular weight excluding hydrogens is 717 g/mol. The highest BCUT2D eigenvalue weighted by molar-refractivity contribution is 7.26. The quantitative estimate of drug-likeness (QED) is 0.176. The number of hydrogen-bond acceptors (Lipinski definition) is 5. The van der Waals surface area contributed by atoms with E-state index >= 15 is 0 Å². The number of rotatable bonds is 5. The molecule has 0 saturated heterocycles. The minimum absolute atomic E-state index is 0.586. The second-order valence-electron chi connectivity index (χ2n) is 14.3. The van der Waals surface area contributed by atoms with Crippen LogP contribution in [0.2, 0.25) is 0 Å². The van der Waals surface area contributed by atoms with Gasteiger partial charge in [0.25, 0.3) is 0 Å². The molecule has 0 aliphatic carbocycles. The van der Waals surface area contributed by atoms with E-state index < -0.39 is 0 Å². The van der Waals surface area contributed by atoms with Crippen LogP contribution >= 0.6 is 11.3 Å². The van der Waals surface area contributed by atoms with Gasteiger partial charge in [-0.25, -0.2) is 15.0 Å². The molecule has 6 heteroatoms. The van der Waals surface area contributed by atoms with Crippen molar-refractivity contribution in [2.75, 3.05) is 0 Å². The predicted octanol–water partition coefficient (Wildman–Crippen LogP) is 13.9. The van der Waals surface area contributed by atoms with Crippen LogP contribution < -0.4 is 0 Å². The third-order valence-electron chi connectivity index (χ3n) is 11.1. The number of nitrogens with zero attached hydrogens (tertiary/aromatic N) is 4. The van der Waals surface area contributed by atoms with Gasteiger partial charge in [0.05, 0.1) is 16.7 Å². The first kappa shape index (κ1) is 31.9. The summed E-state index contributed by atoms with van der Waals surface area (Å²) in [5.41, 5.74) is 9.84. The Labute approximate surface area is 330 Å². The summed E-state index contributed by atoms with van der Waals surface area (Å²) >= 11 is 1.87. The van der Waals surface area contributed by atoms with E-state index in [1.54, 1.807) is 0 Å². The Morgan fingerprint density at radius 3 is 1.74 bits per heavy atom. The molecule has 0 amide bonds. The first-order chi connectivity index (χ1) is 28.3. The van der Waals surface area contributed by atoms with Crippen LogP contribution in [-0.4, -0.2) is 19.5 Å². The summed E-state index contributed by atoms with van der Waals surface area (Å²) in [4.78, 5) is 15.0. The van der Waals surface area contributed by atoms with Gasteiger partial charge >= 0.3 is 0 Å². The summed E-state index contributed by atoms with van der Waals surface area (Å²) in [6.07, 6.45) is 0. The molecule has 4 heterocycles. The van der Waals surface area contributed by atoms with Gasteiger partial charge < -0.3 is 8.98 Å². The molecule has 0 atom stereocenters. The van der Waals surface area contributed by atoms with Gasteiger partial charge in [-0.2, -0.15) is 0 Å². The fraction of sp³-hybridized carbons (Fsp3) is 0. The van der Waals surface area contributed by atoms with Gasteiger partial charge in [-0.15, -0.1) is 11.3 Å². The molecule has 0 spiro atoms. The van der Waals surface area contributed by atoms with Crippen molar-refractivity contribution < 1.29 is 4.42 Å². The van der Waals surface area contributed by atoms with Gasteiger partial charge in [0.1, 0.15) is 5.58 Å². The summed E-state index contributed by atoms with van der Waals surface area (Å²) in [7, 11) is 0. The van der Waals surface area contributed by atoms with Crippen LogP contribution in [0.1, 0.15) is 0 Å². The number of furan rings is 1. The Balaban J connectivity index is 1.12. The second-order valence-corrected chi connectivity index (χ2v) is 15.4. The third kappa shape index (κ3) is 4.98. The van der Waals surface area contributed by atoms with E-state index in [0.717, 1.165) is 66.5 Å². The molecule has 0 aliphatic rings. The maximum absolute atomic E-state index is 7.11. The monoisotopic (exact) mass is 746 g/mol. The number of benzene rings is 8. The fourth-order valence-corrected chi connectivity index (χ4v) is 9.73. The molecule has 12 aromatic rings. The zero-order valence-electron chi connectivity index (χ0n) is 30.4. The summed E-state index contributed by atoms with van der Waals surface area (Å²) in [5.74, 6) is 1.83. The lowest BCUT2D eigenvalue weighted by Gasteiger charge is -2.11. The second kappa shape index (κ2) is 12.6. The summed E-state index contributed by atoms with van der Waals surface area (Å²) < 4.78 is 12.1. The average molecular weight is 747 g/mol. The van der Waals surface area contributed by atoms with Crippen molar-refractivity contribution in [2.24, 2.45) is 0 Å². The topological polar surface area (TPSA) is 56.7 Å². The molecule has 4 aromatic heterocycles. The fourth-order valence-electron chi connectivity index (χ4n) is 8.47. The molecule has 0 bridgehead atoms. The molecule has 266 valence electrons. The van der Waals surface area contributed by atoms with Crippen LogP contribution in [0, 0.1) is 0 Å². The number of para-hydroxylation sites is 1. The van der Waals surface area contributed by atoms with Gasteiger partial charge in [0.15, 0.2) is 23.1 Å². The van der Waals surface area contributed by atoms with E-state index in [9.17, 15) is 0 Å². The van der Waals surface area contributed by atoms with Crippen molar-refractivity contribution in [3.63, 3.8) is 0 Å². The Morgan fingerprint density at radius 1 is 0.421 bits per heavy atom. The van der Waals surface area contributed by atoms with Crippen LogP contribution in [-0.2, 0) is 0 Å². The van der Waals surface area contributed by atoms with Crippen LogP contribution in [0.15, 0.2) is 186 Å². The normalized spacial score (nSPS) is 11.9. The zero-order chi connectivity index (χ0) is 37.5. The molecule has 0 unspecified atom stereocenters. The molecule has 0 radical (unpaired) electrons. The Bertz CT molecular complexity index is 3460. The Hall–Kier alpha value is -7.41. The van der Waals surface area contributed by atoms with Crippen molar-refractivity contribution in [3.05, 3.63) is 182 Å². The van der Waals surface area contributed by atoms with Crippen molar-refractivity contribution in [3.8, 4) is 51.0 Å². The molecule has 5 nitrogen and oxygen atoms in total. The molecule has 12 rings (SSSR count). The number of fused-ring (bicyclic) bond motifs is 10. The smallest absolute Gasteiger partial charge is 0.164 e. The van der Waals surface area contributed by atoms with Gasteiger partial charge in [0, 0.05) is 58.4 Å². The van der Waals surface area contributed by atoms with Crippen molar-refractivity contribution in [1.29, 1.82) is 0 Å². The van der Waals surface area contributed by atoms with E-state index in [1.165, 1.54) is 30.9 Å². The standard InChI is InChI=1S/C51H30N4OS/c1-4-14-31(15-5-1)35-26-29-42(55-40-22-12-10-21-38(40)46-41(55)28-27-37-36-20-11-13-23-44(36)57-48(37)46)47-45(35)39-25-24-34(30-43(39)56-47)51-53-49(32-16-6-2-7-17-32)52-50(54-51)33-18-8-3-9-19-33/h1-30H. The first-order valence-electron chi connectivity index (χ1n) is 19.0. The van der Waals surface area contributed by atoms with Crippen LogP contribution in [0.25, 0.3) is 115 Å². The SMILES string of the molecule is c1ccc(-c2nc(-c3ccccc3)nc(-c3ccc4c(c3)oc3c(-n5c6ccccc6c6c7sc8ccccc8c7ccc65)ccc(-c5ccccc5)c34)n2)cc1.